The minimum absolute atomic E-state index is 0.00992. The third-order valence-corrected chi connectivity index (χ3v) is 7.20. The fourth-order valence-electron chi connectivity index (χ4n) is 4.29. The average molecular weight is 565 g/mol. The molecule has 2 N–H and O–H groups in total. The van der Waals surface area contributed by atoms with E-state index in [4.69, 9.17) is 0 Å². The summed E-state index contributed by atoms with van der Waals surface area (Å²) >= 11 is 0.928. The van der Waals surface area contributed by atoms with E-state index in [2.05, 4.69) is 30.5 Å². The van der Waals surface area contributed by atoms with Crippen LogP contribution in [0.25, 0.3) is 10.6 Å². The molecule has 2 aromatic carbocycles. The van der Waals surface area contributed by atoms with Crippen molar-refractivity contribution in [1.29, 1.82) is 0 Å². The van der Waals surface area contributed by atoms with Crippen LogP contribution in [0.15, 0.2) is 42.5 Å². The zero-order chi connectivity index (χ0) is 27.6. The Kier molecular flexibility index (Phi) is 7.77. The summed E-state index contributed by atoms with van der Waals surface area (Å²) < 4.78 is 57.1. The Labute approximate surface area is 224 Å². The molecule has 1 aliphatic heterocycles. The molecule has 206 valence electrons. The van der Waals surface area contributed by atoms with E-state index in [1.165, 1.54) is 31.0 Å². The second-order valence-electron chi connectivity index (χ2n) is 9.20. The lowest BCUT2D eigenvalue weighted by Crippen LogP contribution is -2.49. The van der Waals surface area contributed by atoms with E-state index in [1.807, 2.05) is 4.90 Å². The maximum absolute atomic E-state index is 14.0. The Morgan fingerprint density at radius 3 is 2.46 bits per heavy atom. The van der Waals surface area contributed by atoms with Crippen LogP contribution < -0.4 is 15.4 Å². The predicted octanol–water partition coefficient (Wildman–Crippen LogP) is 4.21. The van der Waals surface area contributed by atoms with E-state index in [0.29, 0.717) is 19.1 Å². The van der Waals surface area contributed by atoms with Gasteiger partial charge in [0.1, 0.15) is 5.82 Å². The maximum atomic E-state index is 14.0. The van der Waals surface area contributed by atoms with E-state index in [9.17, 15) is 27.2 Å². The van der Waals surface area contributed by atoms with Crippen LogP contribution in [0.5, 0.6) is 5.75 Å². The number of aromatic nitrogens is 2. The minimum atomic E-state index is -5.00. The molecule has 1 saturated carbocycles. The number of benzene rings is 2. The standard InChI is InChI=1S/C25H24F4N6O3S/c26-18-4-2-1-3-17(18)23-32-33-24(39-23)31-22(37)15-5-8-20(38-25(27,28)29)19(13-15)30-21(36)14-34-9-11-35(12-10-34)16-6-7-16/h1-5,8,13,16H,6-7,9-12,14H2,(H,30,36)(H,31,33,37). The van der Waals surface area contributed by atoms with Gasteiger partial charge < -0.3 is 10.1 Å². The minimum Gasteiger partial charge on any atom is -0.404 e. The molecule has 0 bridgehead atoms. The molecule has 2 aliphatic rings. The summed E-state index contributed by atoms with van der Waals surface area (Å²) in [7, 11) is 0. The molecule has 5 rings (SSSR count). The SMILES string of the molecule is O=C(CN1CCN(C2CC2)CC1)Nc1cc(C(=O)Nc2nnc(-c3ccccc3F)s2)ccc1OC(F)(F)F. The van der Waals surface area contributed by atoms with Crippen LogP contribution in [0.3, 0.4) is 0 Å². The smallest absolute Gasteiger partial charge is 0.404 e. The van der Waals surface area contributed by atoms with Gasteiger partial charge >= 0.3 is 6.36 Å². The fourth-order valence-corrected chi connectivity index (χ4v) is 5.05. The topological polar surface area (TPSA) is 99.7 Å². The van der Waals surface area contributed by atoms with Gasteiger partial charge in [-0.15, -0.1) is 23.4 Å². The van der Waals surface area contributed by atoms with E-state index in [1.54, 1.807) is 6.07 Å². The Balaban J connectivity index is 1.27. The first kappa shape index (κ1) is 27.0. The summed E-state index contributed by atoms with van der Waals surface area (Å²) in [5.41, 5.74) is -0.144. The zero-order valence-corrected chi connectivity index (χ0v) is 21.3. The number of anilines is 2. The van der Waals surface area contributed by atoms with Gasteiger partial charge in [0.05, 0.1) is 12.2 Å². The number of nitrogens with zero attached hydrogens (tertiary/aromatic N) is 4. The number of nitrogens with one attached hydrogen (secondary N) is 2. The van der Waals surface area contributed by atoms with Gasteiger partial charge in [-0.2, -0.15) is 0 Å². The summed E-state index contributed by atoms with van der Waals surface area (Å²) in [5, 5.41) is 13.0. The number of amides is 2. The maximum Gasteiger partial charge on any atom is 0.573 e. The summed E-state index contributed by atoms with van der Waals surface area (Å²) in [6.07, 6.45) is -2.62. The number of carbonyl (C=O) groups is 2. The van der Waals surface area contributed by atoms with Gasteiger partial charge in [-0.25, -0.2) is 4.39 Å². The van der Waals surface area contributed by atoms with Crippen molar-refractivity contribution in [2.75, 3.05) is 43.4 Å². The summed E-state index contributed by atoms with van der Waals surface area (Å²) in [6.45, 7) is 3.01. The third kappa shape index (κ3) is 7.07. The predicted molar refractivity (Wildman–Crippen MR) is 136 cm³/mol. The fraction of sp³-hybridized carbons (Fsp3) is 0.360. The van der Waals surface area contributed by atoms with Gasteiger partial charge in [0, 0.05) is 43.3 Å². The first-order valence-electron chi connectivity index (χ1n) is 12.2. The quantitative estimate of drug-likeness (QED) is 0.396. The van der Waals surface area contributed by atoms with Crippen molar-refractivity contribution in [3.8, 4) is 16.3 Å². The number of rotatable bonds is 8. The molecule has 2 amide bonds. The molecule has 0 atom stereocenters. The van der Waals surface area contributed by atoms with Crippen molar-refractivity contribution in [2.45, 2.75) is 25.2 Å². The number of alkyl halides is 3. The van der Waals surface area contributed by atoms with Crippen LogP contribution in [-0.4, -0.2) is 76.9 Å². The van der Waals surface area contributed by atoms with Gasteiger partial charge in [-0.05, 0) is 43.2 Å². The first-order valence-corrected chi connectivity index (χ1v) is 13.0. The summed E-state index contributed by atoms with van der Waals surface area (Å²) in [6, 6.07) is 9.75. The average Bonchev–Trinajstić information content (AvgIpc) is 3.64. The van der Waals surface area contributed by atoms with Gasteiger partial charge in [-0.1, -0.05) is 23.5 Å². The van der Waals surface area contributed by atoms with E-state index < -0.39 is 29.7 Å². The lowest BCUT2D eigenvalue weighted by atomic mass is 10.1. The van der Waals surface area contributed by atoms with E-state index in [-0.39, 0.29) is 33.5 Å². The largest absolute Gasteiger partial charge is 0.573 e. The number of carbonyl (C=O) groups excluding carboxylic acids is 2. The van der Waals surface area contributed by atoms with Crippen molar-refractivity contribution in [2.24, 2.45) is 0 Å². The second kappa shape index (κ2) is 11.2. The van der Waals surface area contributed by atoms with Gasteiger partial charge in [0.25, 0.3) is 5.91 Å². The van der Waals surface area contributed by atoms with Gasteiger partial charge in [0.2, 0.25) is 11.0 Å². The molecule has 1 saturated heterocycles. The highest BCUT2D eigenvalue weighted by Gasteiger charge is 2.33. The molecule has 0 radical (unpaired) electrons. The lowest BCUT2D eigenvalue weighted by Gasteiger charge is -2.34. The normalized spacial score (nSPS) is 16.6. The highest BCUT2D eigenvalue weighted by atomic mass is 32.1. The van der Waals surface area contributed by atoms with Crippen LogP contribution in [0, 0.1) is 5.82 Å². The van der Waals surface area contributed by atoms with Crippen LogP contribution in [0.2, 0.25) is 0 Å². The van der Waals surface area contributed by atoms with Crippen LogP contribution in [0.1, 0.15) is 23.2 Å². The van der Waals surface area contributed by atoms with Crippen LogP contribution in [-0.2, 0) is 4.79 Å². The van der Waals surface area contributed by atoms with Crippen molar-refractivity contribution in [1.82, 2.24) is 20.0 Å². The highest BCUT2D eigenvalue weighted by Crippen LogP contribution is 2.33. The molecule has 1 aromatic heterocycles. The van der Waals surface area contributed by atoms with E-state index in [0.717, 1.165) is 42.6 Å². The molecule has 0 spiro atoms. The molecular formula is C25H24F4N6O3S. The lowest BCUT2D eigenvalue weighted by molar-refractivity contribution is -0.274. The van der Waals surface area contributed by atoms with Crippen molar-refractivity contribution >= 4 is 34.0 Å². The monoisotopic (exact) mass is 564 g/mol. The molecule has 14 heteroatoms. The zero-order valence-electron chi connectivity index (χ0n) is 20.5. The molecular weight excluding hydrogens is 540 g/mol. The molecule has 2 heterocycles. The third-order valence-electron chi connectivity index (χ3n) is 6.33. The molecule has 2 fully saturated rings. The number of hydrogen-bond donors (Lipinski definition) is 2. The molecule has 0 unspecified atom stereocenters. The molecule has 9 nitrogen and oxygen atoms in total. The van der Waals surface area contributed by atoms with Crippen molar-refractivity contribution in [3.05, 3.63) is 53.8 Å². The molecule has 1 aliphatic carbocycles. The summed E-state index contributed by atoms with van der Waals surface area (Å²) in [5.74, 6) is -2.39. The Morgan fingerprint density at radius 2 is 1.77 bits per heavy atom. The number of piperazine rings is 1. The Hall–Kier alpha value is -3.62. The van der Waals surface area contributed by atoms with E-state index >= 15 is 0 Å². The van der Waals surface area contributed by atoms with Crippen molar-refractivity contribution < 1.29 is 31.9 Å². The number of hydrogen-bond acceptors (Lipinski definition) is 8. The first-order chi connectivity index (χ1) is 18.6. The Bertz CT molecular complexity index is 1360. The van der Waals surface area contributed by atoms with Crippen molar-refractivity contribution in [3.63, 3.8) is 0 Å². The molecule has 39 heavy (non-hydrogen) atoms. The van der Waals surface area contributed by atoms with Gasteiger partial charge in [0.15, 0.2) is 10.8 Å². The van der Waals surface area contributed by atoms with Crippen LogP contribution >= 0.6 is 11.3 Å². The number of halogens is 4. The Morgan fingerprint density at radius 1 is 1.03 bits per heavy atom. The molecule has 3 aromatic rings. The number of ether oxygens (including phenoxy) is 1. The van der Waals surface area contributed by atoms with Crippen LogP contribution in [0.4, 0.5) is 28.4 Å². The summed E-state index contributed by atoms with van der Waals surface area (Å²) in [4.78, 5) is 29.9. The van der Waals surface area contributed by atoms with Gasteiger partial charge in [-0.3, -0.25) is 24.7 Å². The highest BCUT2D eigenvalue weighted by molar-refractivity contribution is 7.18. The second-order valence-corrected chi connectivity index (χ2v) is 10.2.